The van der Waals surface area contributed by atoms with Crippen molar-refractivity contribution in [1.82, 2.24) is 0 Å². The maximum atomic E-state index is 9.51. The molecular weight excluding hydrogens is 422 g/mol. The summed E-state index contributed by atoms with van der Waals surface area (Å²) in [6.07, 6.45) is 0. The van der Waals surface area contributed by atoms with Gasteiger partial charge in [-0.05, 0) is 0 Å². The number of hydrogen-bond acceptors (Lipinski definition) is 6. The molecule has 12 heteroatoms. The van der Waals surface area contributed by atoms with Crippen molar-refractivity contribution in [3.63, 3.8) is 0 Å². The summed E-state index contributed by atoms with van der Waals surface area (Å²) >= 11 is 0. The second-order valence-corrected chi connectivity index (χ2v) is 2.97. The van der Waals surface area contributed by atoms with Gasteiger partial charge in [0.05, 0.1) is 0 Å². The Hall–Kier alpha value is 1.66. The molecule has 0 atom stereocenters. The number of hydrogen-bond donors (Lipinski definition) is 2. The molecule has 0 aromatic rings. The average molecular weight is 427 g/mol. The monoisotopic (exact) mass is 428 g/mol. The van der Waals surface area contributed by atoms with Crippen LogP contribution >= 0.6 is 0 Å². The molecule has 0 aromatic carbocycles. The van der Waals surface area contributed by atoms with Crippen molar-refractivity contribution >= 4 is 77.7 Å². The van der Waals surface area contributed by atoms with Gasteiger partial charge in [-0.1, -0.05) is 8.67 Å². The van der Waals surface area contributed by atoms with Gasteiger partial charge in [-0.3, -0.25) is 9.11 Å². The molecule has 0 aromatic heterocycles. The molecule has 0 bridgehead atoms. The Labute approximate surface area is 111 Å². The Morgan fingerprint density at radius 2 is 1.00 bits per heavy atom. The molecule has 0 fully saturated rings. The fourth-order valence-corrected chi connectivity index (χ4v) is 0.632. The standard InChI is InChI=1S/Na.H2O8S2.Pb.3H/c;1-9(2,3)7-8-10(4,5)6;;;;/h;(H,1,2,3)(H,4,5,6);;;;. The van der Waals surface area contributed by atoms with Crippen LogP contribution in [0.4, 0.5) is 0 Å². The van der Waals surface area contributed by atoms with Gasteiger partial charge < -0.3 is 0 Å². The summed E-state index contributed by atoms with van der Waals surface area (Å²) < 4.78 is 58.9. The first-order chi connectivity index (χ1) is 4.21. The van der Waals surface area contributed by atoms with E-state index >= 15 is 0 Å². The molecule has 12 heavy (non-hydrogen) atoms. The van der Waals surface area contributed by atoms with E-state index in [9.17, 15) is 16.8 Å². The van der Waals surface area contributed by atoms with Crippen LogP contribution in [0.15, 0.2) is 0 Å². The van der Waals surface area contributed by atoms with E-state index < -0.39 is 20.8 Å². The quantitative estimate of drug-likeness (QED) is 0.211. The van der Waals surface area contributed by atoms with E-state index in [1.165, 1.54) is 0 Å². The van der Waals surface area contributed by atoms with Crippen molar-refractivity contribution in [3.05, 3.63) is 0 Å². The van der Waals surface area contributed by atoms with Gasteiger partial charge in [0.25, 0.3) is 0 Å². The average Bonchev–Trinajstić information content (AvgIpc) is 1.57. The van der Waals surface area contributed by atoms with Gasteiger partial charge in [0.15, 0.2) is 0 Å². The Balaban J connectivity index is -0.000000405. The fourth-order valence-electron chi connectivity index (χ4n) is 0.0702. The van der Waals surface area contributed by atoms with E-state index in [0.717, 1.165) is 0 Å². The third-order valence-electron chi connectivity index (χ3n) is 0.200. The van der Waals surface area contributed by atoms with Crippen molar-refractivity contribution in [1.29, 1.82) is 0 Å². The van der Waals surface area contributed by atoms with Crippen molar-refractivity contribution in [2.45, 2.75) is 0 Å². The summed E-state index contributed by atoms with van der Waals surface area (Å²) in [5.74, 6) is 0. The van der Waals surface area contributed by atoms with Gasteiger partial charge in [-0.2, -0.15) is 16.8 Å². The molecule has 0 rings (SSSR count). The molecule has 70 valence electrons. The Morgan fingerprint density at radius 3 is 1.08 bits per heavy atom. The van der Waals surface area contributed by atoms with Gasteiger partial charge in [0.2, 0.25) is 0 Å². The maximum absolute atomic E-state index is 9.51. The molecule has 0 amide bonds. The third-order valence-corrected chi connectivity index (χ3v) is 0.766. The summed E-state index contributed by atoms with van der Waals surface area (Å²) in [4.78, 5) is 0. The van der Waals surface area contributed by atoms with Crippen LogP contribution in [0.25, 0.3) is 0 Å². The van der Waals surface area contributed by atoms with Crippen LogP contribution in [0, 0.1) is 0 Å². The summed E-state index contributed by atoms with van der Waals surface area (Å²) in [5, 5.41) is 0. The van der Waals surface area contributed by atoms with Crippen molar-refractivity contribution in [2.75, 3.05) is 0 Å². The zero-order chi connectivity index (χ0) is 8.41. The molecule has 8 nitrogen and oxygen atoms in total. The minimum absolute atomic E-state index is 0. The Bertz CT molecular complexity index is 253. The molecule has 0 aliphatic heterocycles. The molecular formula is H5NaO8PbS2. The zero-order valence-corrected chi connectivity index (χ0v) is 12.0. The SMILES string of the molecule is O=S(=O)(O)OOS(=O)(=O)O.[NaH].[PbH2]. The van der Waals surface area contributed by atoms with Crippen molar-refractivity contribution < 1.29 is 34.6 Å². The molecule has 0 unspecified atom stereocenters. The van der Waals surface area contributed by atoms with Crippen LogP contribution in [0.5, 0.6) is 0 Å². The molecule has 2 N–H and O–H groups in total. The first kappa shape index (κ1) is 19.3. The predicted molar refractivity (Wildman–Crippen MR) is 41.0 cm³/mol. The molecule has 0 saturated heterocycles. The van der Waals surface area contributed by atoms with Crippen LogP contribution in [0.3, 0.4) is 0 Å². The molecule has 0 aliphatic carbocycles. The molecule has 0 spiro atoms. The van der Waals surface area contributed by atoms with Gasteiger partial charge in [-0.15, -0.1) is 0 Å². The van der Waals surface area contributed by atoms with Crippen LogP contribution in [-0.4, -0.2) is 82.8 Å². The van der Waals surface area contributed by atoms with E-state index in [1.807, 2.05) is 0 Å². The van der Waals surface area contributed by atoms with Gasteiger partial charge in [0, 0.05) is 0 Å². The number of rotatable bonds is 3. The van der Waals surface area contributed by atoms with E-state index in [1.54, 1.807) is 0 Å². The second-order valence-electron chi connectivity index (χ2n) is 0.992. The fraction of sp³-hybridized carbons (Fsp3) is 0. The van der Waals surface area contributed by atoms with Crippen LogP contribution in [-0.2, 0) is 29.5 Å². The first-order valence-electron chi connectivity index (χ1n) is 1.53. The van der Waals surface area contributed by atoms with Crippen molar-refractivity contribution in [3.8, 4) is 0 Å². The molecule has 0 heterocycles. The van der Waals surface area contributed by atoms with Gasteiger partial charge in [-0.25, -0.2) is 0 Å². The zero-order valence-electron chi connectivity index (χ0n) is 4.87. The van der Waals surface area contributed by atoms with E-state index in [2.05, 4.69) is 8.67 Å². The second kappa shape index (κ2) is 7.02. The van der Waals surface area contributed by atoms with E-state index in [-0.39, 0.29) is 56.9 Å². The molecule has 0 aliphatic rings. The minimum atomic E-state index is -5.02. The Morgan fingerprint density at radius 1 is 0.833 bits per heavy atom. The van der Waals surface area contributed by atoms with E-state index in [4.69, 9.17) is 9.11 Å². The van der Waals surface area contributed by atoms with E-state index in [0.29, 0.717) is 0 Å². The summed E-state index contributed by atoms with van der Waals surface area (Å²) in [7, 11) is -10.0. The third kappa shape index (κ3) is 17.7. The molecule has 2 radical (unpaired) electrons. The van der Waals surface area contributed by atoms with Gasteiger partial charge >= 0.3 is 77.7 Å². The van der Waals surface area contributed by atoms with Gasteiger partial charge in [0.1, 0.15) is 0 Å². The van der Waals surface area contributed by atoms with Crippen LogP contribution in [0.1, 0.15) is 0 Å². The normalized spacial score (nSPS) is 11.2. The summed E-state index contributed by atoms with van der Waals surface area (Å²) in [5.41, 5.74) is 0. The van der Waals surface area contributed by atoms with Crippen molar-refractivity contribution in [2.24, 2.45) is 0 Å². The first-order valence-corrected chi connectivity index (χ1v) is 4.26. The summed E-state index contributed by atoms with van der Waals surface area (Å²) in [6, 6.07) is 0. The predicted octanol–water partition coefficient (Wildman–Crippen LogP) is -3.02. The van der Waals surface area contributed by atoms with Crippen LogP contribution < -0.4 is 0 Å². The topological polar surface area (TPSA) is 127 Å². The molecule has 0 saturated carbocycles. The summed E-state index contributed by atoms with van der Waals surface area (Å²) in [6.45, 7) is 0. The Kier molecular flexibility index (Phi) is 11.3. The van der Waals surface area contributed by atoms with Crippen LogP contribution in [0.2, 0.25) is 0 Å².